The van der Waals surface area contributed by atoms with Gasteiger partial charge in [0.1, 0.15) is 17.7 Å². The van der Waals surface area contributed by atoms with Crippen molar-refractivity contribution in [2.75, 3.05) is 18.6 Å². The van der Waals surface area contributed by atoms with Crippen molar-refractivity contribution < 1.29 is 14.6 Å². The molecule has 2 unspecified atom stereocenters. The van der Waals surface area contributed by atoms with Crippen molar-refractivity contribution in [2.45, 2.75) is 38.8 Å². The number of hydrogen-bond acceptors (Lipinski definition) is 5. The lowest BCUT2D eigenvalue weighted by Gasteiger charge is -2.22. The fourth-order valence-electron chi connectivity index (χ4n) is 2.40. The number of hydrogen-bond donors (Lipinski definition) is 1. The minimum Gasteiger partial charge on any atom is -0.480 e. The van der Waals surface area contributed by atoms with Crippen molar-refractivity contribution in [2.24, 2.45) is 0 Å². The summed E-state index contributed by atoms with van der Waals surface area (Å²) in [6.45, 7) is 4.39. The van der Waals surface area contributed by atoms with E-state index in [1.165, 1.54) is 0 Å². The van der Waals surface area contributed by atoms with Gasteiger partial charge in [-0.25, -0.2) is 14.8 Å². The van der Waals surface area contributed by atoms with E-state index in [2.05, 4.69) is 9.97 Å². The topological polar surface area (TPSA) is 75.5 Å². The lowest BCUT2D eigenvalue weighted by atomic mass is 10.2. The summed E-state index contributed by atoms with van der Waals surface area (Å²) in [6.07, 6.45) is 1.22. The first-order chi connectivity index (χ1) is 9.05. The second-order valence-corrected chi connectivity index (χ2v) is 4.72. The normalized spacial score (nSPS) is 22.8. The Morgan fingerprint density at radius 1 is 1.58 bits per heavy atom. The van der Waals surface area contributed by atoms with Crippen LogP contribution in [0.1, 0.15) is 24.9 Å². The summed E-state index contributed by atoms with van der Waals surface area (Å²) in [6, 6.07) is 1.28. The number of methoxy groups -OCH3 is 1. The lowest BCUT2D eigenvalue weighted by Crippen LogP contribution is -2.36. The molecule has 0 amide bonds. The van der Waals surface area contributed by atoms with Gasteiger partial charge in [0.2, 0.25) is 0 Å². The van der Waals surface area contributed by atoms with E-state index in [0.717, 1.165) is 12.1 Å². The SMILES string of the molecule is CCc1cc(N2CC(OC)CC2C(=O)O)nc(C)n1. The van der Waals surface area contributed by atoms with Gasteiger partial charge in [-0.05, 0) is 13.3 Å². The number of aryl methyl sites for hydroxylation is 2. The zero-order valence-electron chi connectivity index (χ0n) is 11.5. The molecule has 2 heterocycles. The van der Waals surface area contributed by atoms with E-state index in [1.54, 1.807) is 12.0 Å². The predicted octanol–water partition coefficient (Wildman–Crippen LogP) is 1.03. The Balaban J connectivity index is 2.33. The number of ether oxygens (including phenoxy) is 1. The third-order valence-corrected chi connectivity index (χ3v) is 3.42. The maximum absolute atomic E-state index is 11.3. The number of anilines is 1. The van der Waals surface area contributed by atoms with E-state index in [9.17, 15) is 9.90 Å². The Kier molecular flexibility index (Phi) is 3.99. The fourth-order valence-corrected chi connectivity index (χ4v) is 2.40. The summed E-state index contributed by atoms with van der Waals surface area (Å²) in [5.41, 5.74) is 0.924. The summed E-state index contributed by atoms with van der Waals surface area (Å²) in [5.74, 6) is 0.504. The van der Waals surface area contributed by atoms with Crippen molar-refractivity contribution in [1.82, 2.24) is 9.97 Å². The standard InChI is InChI=1S/C13H19N3O3/c1-4-9-5-12(15-8(2)14-9)16-7-10(19-3)6-11(16)13(17)18/h5,10-11H,4,6-7H2,1-3H3,(H,17,18). The second kappa shape index (κ2) is 5.52. The number of nitrogens with zero attached hydrogens (tertiary/aromatic N) is 3. The molecule has 104 valence electrons. The summed E-state index contributed by atoms with van der Waals surface area (Å²) in [7, 11) is 1.61. The highest BCUT2D eigenvalue weighted by atomic mass is 16.5. The lowest BCUT2D eigenvalue weighted by molar-refractivity contribution is -0.138. The van der Waals surface area contributed by atoms with Crippen LogP contribution in [-0.4, -0.2) is 46.8 Å². The van der Waals surface area contributed by atoms with E-state index in [0.29, 0.717) is 24.6 Å². The molecule has 0 radical (unpaired) electrons. The Labute approximate surface area is 112 Å². The quantitative estimate of drug-likeness (QED) is 0.876. The average Bonchev–Trinajstić information content (AvgIpc) is 2.82. The minimum absolute atomic E-state index is 0.0681. The zero-order valence-corrected chi connectivity index (χ0v) is 11.5. The van der Waals surface area contributed by atoms with Crippen molar-refractivity contribution in [3.63, 3.8) is 0 Å². The van der Waals surface area contributed by atoms with E-state index in [-0.39, 0.29) is 6.10 Å². The van der Waals surface area contributed by atoms with Crippen LogP contribution < -0.4 is 4.90 Å². The highest BCUT2D eigenvalue weighted by Gasteiger charge is 2.37. The zero-order chi connectivity index (χ0) is 14.0. The maximum Gasteiger partial charge on any atom is 0.326 e. The van der Waals surface area contributed by atoms with Crippen molar-refractivity contribution in [3.8, 4) is 0 Å². The maximum atomic E-state index is 11.3. The van der Waals surface area contributed by atoms with E-state index in [1.807, 2.05) is 19.9 Å². The Morgan fingerprint density at radius 2 is 2.32 bits per heavy atom. The van der Waals surface area contributed by atoms with E-state index >= 15 is 0 Å². The van der Waals surface area contributed by atoms with Crippen molar-refractivity contribution >= 4 is 11.8 Å². The third-order valence-electron chi connectivity index (χ3n) is 3.42. The Hall–Kier alpha value is -1.69. The Morgan fingerprint density at radius 3 is 2.89 bits per heavy atom. The van der Waals surface area contributed by atoms with Crippen LogP contribution in [-0.2, 0) is 16.0 Å². The van der Waals surface area contributed by atoms with Crippen molar-refractivity contribution in [1.29, 1.82) is 0 Å². The van der Waals surface area contributed by atoms with Gasteiger partial charge in [-0.1, -0.05) is 6.92 Å². The van der Waals surface area contributed by atoms with Gasteiger partial charge in [0.25, 0.3) is 0 Å². The van der Waals surface area contributed by atoms with Crippen LogP contribution in [0.5, 0.6) is 0 Å². The highest BCUT2D eigenvalue weighted by molar-refractivity contribution is 5.78. The largest absolute Gasteiger partial charge is 0.480 e. The van der Waals surface area contributed by atoms with E-state index in [4.69, 9.17) is 4.74 Å². The van der Waals surface area contributed by atoms with Gasteiger partial charge in [0.05, 0.1) is 6.10 Å². The molecule has 1 saturated heterocycles. The molecule has 6 nitrogen and oxygen atoms in total. The molecule has 1 fully saturated rings. The van der Waals surface area contributed by atoms with Crippen LogP contribution in [0.2, 0.25) is 0 Å². The average molecular weight is 265 g/mol. The summed E-state index contributed by atoms with van der Waals surface area (Å²) >= 11 is 0. The number of carboxylic acids is 1. The van der Waals surface area contributed by atoms with Crippen LogP contribution in [0.15, 0.2) is 6.07 Å². The molecule has 1 aliphatic rings. The third kappa shape index (κ3) is 2.84. The highest BCUT2D eigenvalue weighted by Crippen LogP contribution is 2.26. The fraction of sp³-hybridized carbons (Fsp3) is 0.615. The first-order valence-corrected chi connectivity index (χ1v) is 6.42. The summed E-state index contributed by atoms with van der Waals surface area (Å²) < 4.78 is 5.28. The van der Waals surface area contributed by atoms with Gasteiger partial charge in [-0.15, -0.1) is 0 Å². The number of carboxylic acid groups (broad SMARTS) is 1. The van der Waals surface area contributed by atoms with Gasteiger partial charge < -0.3 is 14.7 Å². The molecule has 0 saturated carbocycles. The number of rotatable bonds is 4. The molecule has 1 aromatic heterocycles. The van der Waals surface area contributed by atoms with Crippen molar-refractivity contribution in [3.05, 3.63) is 17.6 Å². The van der Waals surface area contributed by atoms with E-state index < -0.39 is 12.0 Å². The van der Waals surface area contributed by atoms with Gasteiger partial charge in [-0.2, -0.15) is 0 Å². The van der Waals surface area contributed by atoms with Crippen LogP contribution in [0.3, 0.4) is 0 Å². The molecular formula is C13H19N3O3. The molecule has 0 bridgehead atoms. The first-order valence-electron chi connectivity index (χ1n) is 6.42. The molecule has 0 spiro atoms. The molecule has 0 aliphatic carbocycles. The summed E-state index contributed by atoms with van der Waals surface area (Å²) in [4.78, 5) is 21.8. The molecule has 0 aromatic carbocycles. The Bertz CT molecular complexity index is 478. The smallest absolute Gasteiger partial charge is 0.326 e. The molecule has 2 rings (SSSR count). The minimum atomic E-state index is -0.839. The van der Waals surface area contributed by atoms with Gasteiger partial charge in [0, 0.05) is 31.8 Å². The summed E-state index contributed by atoms with van der Waals surface area (Å²) in [5, 5.41) is 9.31. The molecule has 1 N–H and O–H groups in total. The first kappa shape index (κ1) is 13.7. The molecule has 2 atom stereocenters. The molecule has 1 aromatic rings. The van der Waals surface area contributed by atoms with Crippen LogP contribution >= 0.6 is 0 Å². The molecule has 1 aliphatic heterocycles. The van der Waals surface area contributed by atoms with Crippen LogP contribution in [0.25, 0.3) is 0 Å². The molecule has 19 heavy (non-hydrogen) atoms. The van der Waals surface area contributed by atoms with Gasteiger partial charge in [-0.3, -0.25) is 0 Å². The van der Waals surface area contributed by atoms with Crippen LogP contribution in [0, 0.1) is 6.92 Å². The van der Waals surface area contributed by atoms with Gasteiger partial charge >= 0.3 is 5.97 Å². The molecular weight excluding hydrogens is 246 g/mol. The molecule has 6 heteroatoms. The van der Waals surface area contributed by atoms with Gasteiger partial charge in [0.15, 0.2) is 0 Å². The number of carbonyl (C=O) groups is 1. The number of aliphatic carboxylic acids is 1. The second-order valence-electron chi connectivity index (χ2n) is 4.72. The van der Waals surface area contributed by atoms with Crippen LogP contribution in [0.4, 0.5) is 5.82 Å². The number of aromatic nitrogens is 2. The monoisotopic (exact) mass is 265 g/mol. The predicted molar refractivity (Wildman–Crippen MR) is 70.3 cm³/mol.